The van der Waals surface area contributed by atoms with Gasteiger partial charge >= 0.3 is 5.00 Å². The van der Waals surface area contributed by atoms with E-state index in [1.54, 1.807) is 17.0 Å². The Morgan fingerprint density at radius 2 is 1.90 bits per heavy atom. The maximum absolute atomic E-state index is 13.1. The summed E-state index contributed by atoms with van der Waals surface area (Å²) in [7, 11) is 0. The summed E-state index contributed by atoms with van der Waals surface area (Å²) < 4.78 is 1.08. The summed E-state index contributed by atoms with van der Waals surface area (Å²) in [5.74, 6) is -0.184. The first-order valence-electron chi connectivity index (χ1n) is 10.2. The van der Waals surface area contributed by atoms with Gasteiger partial charge in [-0.05, 0) is 56.3 Å². The van der Waals surface area contributed by atoms with Crippen LogP contribution in [0.25, 0.3) is 16.3 Å². The first kappa shape index (κ1) is 23.1. The Labute approximate surface area is 189 Å². The van der Waals surface area contributed by atoms with Crippen LogP contribution in [0.4, 0.5) is 10.1 Å². The fourth-order valence-electron chi connectivity index (χ4n) is 3.34. The van der Waals surface area contributed by atoms with Crippen LogP contribution >= 0.6 is 22.7 Å². The van der Waals surface area contributed by atoms with Crippen molar-refractivity contribution in [1.29, 1.82) is 0 Å². The van der Waals surface area contributed by atoms with Crippen molar-refractivity contribution in [2.24, 2.45) is 0 Å². The molecule has 0 aliphatic heterocycles. The molecule has 0 saturated carbocycles. The number of aryl methyl sites for hydroxylation is 2. The van der Waals surface area contributed by atoms with Gasteiger partial charge in [-0.2, -0.15) is 0 Å². The van der Waals surface area contributed by atoms with E-state index in [9.17, 15) is 14.9 Å². The molecule has 0 N–H and O–H groups in total. The highest BCUT2D eigenvalue weighted by molar-refractivity contribution is 7.22. The highest BCUT2D eigenvalue weighted by atomic mass is 32.1. The quantitative estimate of drug-likeness (QED) is 0.248. The van der Waals surface area contributed by atoms with Gasteiger partial charge in [-0.15, -0.1) is 0 Å². The van der Waals surface area contributed by atoms with Crippen molar-refractivity contribution in [2.75, 3.05) is 31.1 Å². The van der Waals surface area contributed by atoms with E-state index < -0.39 is 4.92 Å². The topological polar surface area (TPSA) is 79.6 Å². The van der Waals surface area contributed by atoms with Crippen molar-refractivity contribution in [3.8, 4) is 0 Å². The maximum Gasteiger partial charge on any atom is 0.324 e. The van der Waals surface area contributed by atoms with Crippen LogP contribution in [-0.4, -0.2) is 46.9 Å². The zero-order valence-electron chi connectivity index (χ0n) is 18.1. The molecule has 0 aliphatic rings. The van der Waals surface area contributed by atoms with Crippen LogP contribution in [0.5, 0.6) is 0 Å². The molecule has 0 fully saturated rings. The van der Waals surface area contributed by atoms with Crippen molar-refractivity contribution in [1.82, 2.24) is 9.88 Å². The zero-order valence-corrected chi connectivity index (χ0v) is 19.8. The maximum atomic E-state index is 13.1. The number of benzene rings is 1. The van der Waals surface area contributed by atoms with Gasteiger partial charge in [0, 0.05) is 30.1 Å². The third-order valence-corrected chi connectivity index (χ3v) is 7.25. The van der Waals surface area contributed by atoms with Gasteiger partial charge in [-0.3, -0.25) is 19.8 Å². The van der Waals surface area contributed by atoms with Crippen LogP contribution in [0.3, 0.4) is 0 Å². The number of nitro groups is 1. The number of hydrogen-bond donors (Lipinski definition) is 0. The fraction of sp³-hybridized carbons (Fsp3) is 0.364. The van der Waals surface area contributed by atoms with Crippen LogP contribution in [0.2, 0.25) is 0 Å². The Morgan fingerprint density at radius 1 is 1.16 bits per heavy atom. The number of anilines is 1. The molecule has 3 rings (SSSR count). The second-order valence-corrected chi connectivity index (χ2v) is 9.28. The van der Waals surface area contributed by atoms with E-state index in [-0.39, 0.29) is 10.9 Å². The number of carbonyl (C=O) groups excluding carboxylic acids is 1. The standard InChI is InChI=1S/C22H26N4O3S2/c1-5-24(6-2)11-12-25(19(27)9-7-17-8-10-20(30-17)26(28)29)22-23-18-14-15(3)13-16(4)21(18)31-22/h7-10,13-14H,5-6,11-12H2,1-4H3. The minimum Gasteiger partial charge on any atom is -0.302 e. The summed E-state index contributed by atoms with van der Waals surface area (Å²) in [6, 6.07) is 7.26. The second kappa shape index (κ2) is 10.1. The van der Waals surface area contributed by atoms with E-state index in [1.165, 1.54) is 23.5 Å². The number of hydrogen-bond acceptors (Lipinski definition) is 7. The lowest BCUT2D eigenvalue weighted by Gasteiger charge is -2.23. The summed E-state index contributed by atoms with van der Waals surface area (Å²) in [5.41, 5.74) is 3.19. The minimum atomic E-state index is -0.425. The van der Waals surface area contributed by atoms with Gasteiger partial charge in [0.25, 0.3) is 5.91 Å². The molecule has 0 bridgehead atoms. The summed E-state index contributed by atoms with van der Waals surface area (Å²) in [5, 5.41) is 11.6. The molecule has 0 unspecified atom stereocenters. The molecule has 0 radical (unpaired) electrons. The van der Waals surface area contributed by atoms with Crippen molar-refractivity contribution in [2.45, 2.75) is 27.7 Å². The van der Waals surface area contributed by atoms with Crippen molar-refractivity contribution in [3.05, 3.63) is 56.5 Å². The third kappa shape index (κ3) is 5.55. The molecule has 1 aromatic carbocycles. The number of rotatable bonds is 9. The summed E-state index contributed by atoms with van der Waals surface area (Å²) in [6.45, 7) is 11.4. The van der Waals surface area contributed by atoms with Gasteiger partial charge in [-0.25, -0.2) is 4.98 Å². The normalized spacial score (nSPS) is 11.6. The van der Waals surface area contributed by atoms with Crippen molar-refractivity contribution < 1.29 is 9.72 Å². The predicted molar refractivity (Wildman–Crippen MR) is 129 cm³/mol. The van der Waals surface area contributed by atoms with E-state index in [0.29, 0.717) is 16.6 Å². The van der Waals surface area contributed by atoms with Gasteiger partial charge in [0.1, 0.15) is 0 Å². The van der Waals surface area contributed by atoms with Crippen LogP contribution in [0, 0.1) is 24.0 Å². The fourth-order valence-corrected chi connectivity index (χ4v) is 5.11. The summed E-state index contributed by atoms with van der Waals surface area (Å²) in [4.78, 5) is 33.0. The SMILES string of the molecule is CCN(CC)CCN(C(=O)C=Cc1ccc([N+](=O)[O-])s1)c1nc2cc(C)cc(C)c2s1. The predicted octanol–water partition coefficient (Wildman–Crippen LogP) is 5.27. The molecule has 3 aromatic rings. The number of thiophene rings is 1. The number of likely N-dealkylation sites (N-methyl/N-ethyl adjacent to an activating group) is 1. The summed E-state index contributed by atoms with van der Waals surface area (Å²) in [6.07, 6.45) is 3.11. The molecule has 0 spiro atoms. The largest absolute Gasteiger partial charge is 0.324 e. The van der Waals surface area contributed by atoms with E-state index in [2.05, 4.69) is 31.7 Å². The lowest BCUT2D eigenvalue weighted by Crippen LogP contribution is -2.38. The van der Waals surface area contributed by atoms with Crippen molar-refractivity contribution >= 4 is 55.0 Å². The minimum absolute atomic E-state index is 0.0579. The first-order valence-corrected chi connectivity index (χ1v) is 11.8. The van der Waals surface area contributed by atoms with Gasteiger partial charge in [0.05, 0.1) is 15.1 Å². The van der Waals surface area contributed by atoms with E-state index in [1.807, 2.05) is 13.0 Å². The molecule has 31 heavy (non-hydrogen) atoms. The highest BCUT2D eigenvalue weighted by Gasteiger charge is 2.20. The lowest BCUT2D eigenvalue weighted by molar-refractivity contribution is -0.380. The Morgan fingerprint density at radius 3 is 2.55 bits per heavy atom. The monoisotopic (exact) mass is 458 g/mol. The highest BCUT2D eigenvalue weighted by Crippen LogP contribution is 2.32. The Hall–Kier alpha value is -2.62. The van der Waals surface area contributed by atoms with Gasteiger partial charge in [0.2, 0.25) is 0 Å². The molecule has 7 nitrogen and oxygen atoms in total. The zero-order chi connectivity index (χ0) is 22.5. The molecule has 164 valence electrons. The number of aromatic nitrogens is 1. The van der Waals surface area contributed by atoms with Gasteiger partial charge in [0.15, 0.2) is 5.13 Å². The van der Waals surface area contributed by atoms with Gasteiger partial charge in [-0.1, -0.05) is 42.6 Å². The number of nitrogens with zero attached hydrogens (tertiary/aromatic N) is 4. The van der Waals surface area contributed by atoms with E-state index in [4.69, 9.17) is 4.98 Å². The molecule has 2 heterocycles. The number of thiazole rings is 1. The molecule has 9 heteroatoms. The number of fused-ring (bicyclic) bond motifs is 1. The molecule has 0 atom stereocenters. The van der Waals surface area contributed by atoms with Crippen LogP contribution in [0.1, 0.15) is 29.9 Å². The molecular formula is C22H26N4O3S2. The molecule has 0 aliphatic carbocycles. The molecule has 1 amide bonds. The van der Waals surface area contributed by atoms with E-state index in [0.717, 1.165) is 52.3 Å². The van der Waals surface area contributed by atoms with Crippen LogP contribution in [0.15, 0.2) is 30.3 Å². The number of carbonyl (C=O) groups is 1. The molecular weight excluding hydrogens is 432 g/mol. The second-order valence-electron chi connectivity index (χ2n) is 7.21. The average molecular weight is 459 g/mol. The van der Waals surface area contributed by atoms with E-state index >= 15 is 0 Å². The lowest BCUT2D eigenvalue weighted by atomic mass is 10.1. The van der Waals surface area contributed by atoms with Crippen LogP contribution < -0.4 is 4.90 Å². The third-order valence-electron chi connectivity index (χ3n) is 5.02. The Bertz CT molecular complexity index is 1120. The Kier molecular flexibility index (Phi) is 7.53. The average Bonchev–Trinajstić information content (AvgIpc) is 3.37. The van der Waals surface area contributed by atoms with Gasteiger partial charge < -0.3 is 4.90 Å². The smallest absolute Gasteiger partial charge is 0.302 e. The first-order chi connectivity index (χ1) is 14.8. The molecule has 2 aromatic heterocycles. The van der Waals surface area contributed by atoms with Crippen LogP contribution in [-0.2, 0) is 4.79 Å². The Balaban J connectivity index is 1.89. The molecule has 0 saturated heterocycles. The summed E-state index contributed by atoms with van der Waals surface area (Å²) >= 11 is 2.57. The van der Waals surface area contributed by atoms with Crippen molar-refractivity contribution in [3.63, 3.8) is 0 Å². The number of amides is 1.